The van der Waals surface area contributed by atoms with E-state index in [1.807, 2.05) is 37.3 Å². The number of hydrogen-bond acceptors (Lipinski definition) is 2. The minimum Gasteiger partial charge on any atom is -0.344 e. The highest BCUT2D eigenvalue weighted by molar-refractivity contribution is 5.68. The zero-order chi connectivity index (χ0) is 10.0. The second kappa shape index (κ2) is 3.56. The monoisotopic (exact) mass is 190 g/mol. The zero-order valence-electron chi connectivity index (χ0n) is 8.32. The molecule has 0 spiro atoms. The molecule has 74 valence electrons. The molecule has 2 heteroatoms. The Morgan fingerprint density at radius 2 is 1.79 bits per heavy atom. The van der Waals surface area contributed by atoms with E-state index in [-0.39, 0.29) is 0 Å². The van der Waals surface area contributed by atoms with Crippen LogP contribution in [0.3, 0.4) is 0 Å². The first-order valence-corrected chi connectivity index (χ1v) is 4.75. The summed E-state index contributed by atoms with van der Waals surface area (Å²) in [7, 11) is 0. The summed E-state index contributed by atoms with van der Waals surface area (Å²) >= 11 is 0. The maximum Gasteiger partial charge on any atom is 0.192 e. The quantitative estimate of drug-likeness (QED) is 0.713. The van der Waals surface area contributed by atoms with E-state index < -0.39 is 5.79 Å². The van der Waals surface area contributed by atoms with Crippen LogP contribution in [-0.4, -0.2) is 19.0 Å². The van der Waals surface area contributed by atoms with Crippen LogP contribution in [-0.2, 0) is 9.47 Å². The van der Waals surface area contributed by atoms with Gasteiger partial charge in [-0.3, -0.25) is 0 Å². The SMILES string of the molecule is C=C(c1ccccc1)C1(C)OCCO1. The maximum atomic E-state index is 5.53. The van der Waals surface area contributed by atoms with Crippen molar-refractivity contribution < 1.29 is 9.47 Å². The molecule has 2 nitrogen and oxygen atoms in total. The molecule has 1 aliphatic rings. The Morgan fingerprint density at radius 1 is 1.21 bits per heavy atom. The normalized spacial score (nSPS) is 19.5. The predicted octanol–water partition coefficient (Wildman–Crippen LogP) is 2.46. The van der Waals surface area contributed by atoms with Crippen molar-refractivity contribution in [1.82, 2.24) is 0 Å². The van der Waals surface area contributed by atoms with E-state index in [0.29, 0.717) is 13.2 Å². The molecule has 0 unspecified atom stereocenters. The summed E-state index contributed by atoms with van der Waals surface area (Å²) in [5, 5.41) is 0. The molecule has 1 fully saturated rings. The van der Waals surface area contributed by atoms with Gasteiger partial charge in [0.2, 0.25) is 0 Å². The number of hydrogen-bond donors (Lipinski definition) is 0. The average Bonchev–Trinajstić information content (AvgIpc) is 2.67. The van der Waals surface area contributed by atoms with Crippen LogP contribution >= 0.6 is 0 Å². The van der Waals surface area contributed by atoms with Gasteiger partial charge in [-0.15, -0.1) is 0 Å². The van der Waals surface area contributed by atoms with Crippen LogP contribution in [0.5, 0.6) is 0 Å². The lowest BCUT2D eigenvalue weighted by atomic mass is 10.0. The van der Waals surface area contributed by atoms with Gasteiger partial charge in [-0.05, 0) is 12.5 Å². The van der Waals surface area contributed by atoms with Gasteiger partial charge >= 0.3 is 0 Å². The minimum absolute atomic E-state index is 0.638. The van der Waals surface area contributed by atoms with E-state index in [9.17, 15) is 0 Å². The zero-order valence-corrected chi connectivity index (χ0v) is 8.32. The number of ether oxygens (including phenoxy) is 2. The minimum atomic E-state index is -0.638. The number of benzene rings is 1. The third kappa shape index (κ3) is 1.59. The summed E-state index contributed by atoms with van der Waals surface area (Å²) in [5.41, 5.74) is 1.95. The topological polar surface area (TPSA) is 18.5 Å². The average molecular weight is 190 g/mol. The van der Waals surface area contributed by atoms with Crippen LogP contribution < -0.4 is 0 Å². The molecule has 0 aromatic heterocycles. The van der Waals surface area contributed by atoms with Crippen molar-refractivity contribution in [3.8, 4) is 0 Å². The molecule has 1 heterocycles. The molecule has 0 saturated carbocycles. The number of rotatable bonds is 2. The third-order valence-corrected chi connectivity index (χ3v) is 2.51. The summed E-state index contributed by atoms with van der Waals surface area (Å²) in [6.07, 6.45) is 0. The van der Waals surface area contributed by atoms with Gasteiger partial charge in [-0.1, -0.05) is 36.9 Å². The Bertz CT molecular complexity index is 323. The lowest BCUT2D eigenvalue weighted by molar-refractivity contribution is -0.0901. The van der Waals surface area contributed by atoms with Gasteiger partial charge in [0.15, 0.2) is 5.79 Å². The standard InChI is InChI=1S/C12H14O2/c1-10(11-6-4-3-5-7-11)12(2)13-8-9-14-12/h3-7H,1,8-9H2,2H3. The summed E-state index contributed by atoms with van der Waals surface area (Å²) < 4.78 is 11.1. The van der Waals surface area contributed by atoms with Gasteiger partial charge in [0.1, 0.15) is 0 Å². The van der Waals surface area contributed by atoms with Crippen molar-refractivity contribution in [2.45, 2.75) is 12.7 Å². The van der Waals surface area contributed by atoms with E-state index in [1.165, 1.54) is 0 Å². The smallest absolute Gasteiger partial charge is 0.192 e. The van der Waals surface area contributed by atoms with E-state index in [0.717, 1.165) is 11.1 Å². The van der Waals surface area contributed by atoms with Crippen molar-refractivity contribution in [1.29, 1.82) is 0 Å². The van der Waals surface area contributed by atoms with Crippen LogP contribution in [0.1, 0.15) is 12.5 Å². The van der Waals surface area contributed by atoms with Crippen LogP contribution in [0, 0.1) is 0 Å². The lowest BCUT2D eigenvalue weighted by Crippen LogP contribution is -2.26. The highest BCUT2D eigenvalue weighted by Crippen LogP contribution is 2.32. The summed E-state index contributed by atoms with van der Waals surface area (Å²) in [6.45, 7) is 7.22. The van der Waals surface area contributed by atoms with Crippen LogP contribution in [0.2, 0.25) is 0 Å². The van der Waals surface area contributed by atoms with E-state index >= 15 is 0 Å². The molecule has 1 aromatic carbocycles. The van der Waals surface area contributed by atoms with E-state index in [2.05, 4.69) is 6.58 Å². The van der Waals surface area contributed by atoms with Gasteiger partial charge < -0.3 is 9.47 Å². The maximum absolute atomic E-state index is 5.53. The van der Waals surface area contributed by atoms with Crippen LogP contribution in [0.15, 0.2) is 36.9 Å². The van der Waals surface area contributed by atoms with Crippen LogP contribution in [0.4, 0.5) is 0 Å². The molecule has 0 amide bonds. The van der Waals surface area contributed by atoms with Gasteiger partial charge in [0, 0.05) is 5.57 Å². The Labute approximate surface area is 84.2 Å². The van der Waals surface area contributed by atoms with Crippen molar-refractivity contribution in [2.75, 3.05) is 13.2 Å². The molecule has 1 aromatic rings. The summed E-state index contributed by atoms with van der Waals surface area (Å²) in [5.74, 6) is -0.638. The molecule has 0 N–H and O–H groups in total. The summed E-state index contributed by atoms with van der Waals surface area (Å²) in [4.78, 5) is 0. The third-order valence-electron chi connectivity index (χ3n) is 2.51. The van der Waals surface area contributed by atoms with Crippen LogP contribution in [0.25, 0.3) is 5.57 Å². The molecule has 1 aliphatic heterocycles. The van der Waals surface area contributed by atoms with Gasteiger partial charge in [0.05, 0.1) is 13.2 Å². The van der Waals surface area contributed by atoms with Gasteiger partial charge in [-0.25, -0.2) is 0 Å². The molecule has 1 saturated heterocycles. The highest BCUT2D eigenvalue weighted by Gasteiger charge is 2.34. The first kappa shape index (κ1) is 9.44. The Hall–Kier alpha value is -1.12. The first-order chi connectivity index (χ1) is 6.72. The Balaban J connectivity index is 2.24. The van der Waals surface area contributed by atoms with Gasteiger partial charge in [0.25, 0.3) is 0 Å². The van der Waals surface area contributed by atoms with Crippen molar-refractivity contribution in [3.05, 3.63) is 42.5 Å². The molecule has 14 heavy (non-hydrogen) atoms. The van der Waals surface area contributed by atoms with E-state index in [1.54, 1.807) is 0 Å². The van der Waals surface area contributed by atoms with E-state index in [4.69, 9.17) is 9.47 Å². The molecular formula is C12H14O2. The fourth-order valence-corrected chi connectivity index (χ4v) is 1.59. The highest BCUT2D eigenvalue weighted by atomic mass is 16.7. The molecule has 0 bridgehead atoms. The van der Waals surface area contributed by atoms with Crippen molar-refractivity contribution in [2.24, 2.45) is 0 Å². The largest absolute Gasteiger partial charge is 0.344 e. The molecule has 2 rings (SSSR count). The second-order valence-electron chi connectivity index (χ2n) is 3.49. The molecule has 0 atom stereocenters. The predicted molar refractivity (Wildman–Crippen MR) is 55.8 cm³/mol. The van der Waals surface area contributed by atoms with Gasteiger partial charge in [-0.2, -0.15) is 0 Å². The van der Waals surface area contributed by atoms with Crippen molar-refractivity contribution >= 4 is 5.57 Å². The molecule has 0 aliphatic carbocycles. The fourth-order valence-electron chi connectivity index (χ4n) is 1.59. The molecule has 0 radical (unpaired) electrons. The van der Waals surface area contributed by atoms with Crippen molar-refractivity contribution in [3.63, 3.8) is 0 Å². The lowest BCUT2D eigenvalue weighted by Gasteiger charge is -2.24. The Morgan fingerprint density at radius 3 is 2.36 bits per heavy atom. The fraction of sp³-hybridized carbons (Fsp3) is 0.333. The Kier molecular flexibility index (Phi) is 2.40. The second-order valence-corrected chi connectivity index (χ2v) is 3.49. The summed E-state index contributed by atoms with van der Waals surface area (Å²) in [6, 6.07) is 9.98. The first-order valence-electron chi connectivity index (χ1n) is 4.75. The molecular weight excluding hydrogens is 176 g/mol.